The van der Waals surface area contributed by atoms with Crippen LogP contribution in [0.25, 0.3) is 32.6 Å². The Morgan fingerprint density at radius 1 is 0.485 bits per heavy atom. The second kappa shape index (κ2) is 8.24. The fraction of sp³-hybridized carbons (Fsp3) is 0. The van der Waals surface area contributed by atoms with E-state index in [0.717, 1.165) is 38.7 Å². The molecule has 0 N–H and O–H groups in total. The highest BCUT2D eigenvalue weighted by atomic mass is 32.1. The van der Waals surface area contributed by atoms with Crippen molar-refractivity contribution < 1.29 is 0 Å². The first-order chi connectivity index (χ1) is 16.4. The quantitative estimate of drug-likeness (QED) is 0.193. The molecule has 0 fully saturated rings. The molecule has 0 saturated carbocycles. The normalized spacial score (nSPS) is 10.5. The fourth-order valence-electron chi connectivity index (χ4n) is 4.02. The summed E-state index contributed by atoms with van der Waals surface area (Å²) in [4.78, 5) is 0. The number of hydrogen-bond donors (Lipinski definition) is 0. The van der Waals surface area contributed by atoms with E-state index in [2.05, 4.69) is 87.0 Å². The highest BCUT2D eigenvalue weighted by Gasteiger charge is 2.09. The van der Waals surface area contributed by atoms with Gasteiger partial charge in [0.15, 0.2) is 0 Å². The van der Waals surface area contributed by atoms with Crippen molar-refractivity contribution in [2.24, 2.45) is 0 Å². The summed E-state index contributed by atoms with van der Waals surface area (Å²) in [5.74, 6) is 13.2. The lowest BCUT2D eigenvalue weighted by Crippen LogP contribution is -1.86. The Bertz CT molecular complexity index is 1770. The van der Waals surface area contributed by atoms with Crippen molar-refractivity contribution in [1.82, 2.24) is 8.75 Å². The Morgan fingerprint density at radius 3 is 1.82 bits per heavy atom. The van der Waals surface area contributed by atoms with Gasteiger partial charge in [0, 0.05) is 11.1 Å². The van der Waals surface area contributed by atoms with Crippen molar-refractivity contribution in [1.29, 1.82) is 0 Å². The molecule has 0 spiro atoms. The highest BCUT2D eigenvalue weighted by molar-refractivity contribution is 7.00. The van der Waals surface area contributed by atoms with Gasteiger partial charge in [0.25, 0.3) is 0 Å². The fourth-order valence-corrected chi connectivity index (χ4v) is 4.60. The van der Waals surface area contributed by atoms with Crippen LogP contribution in [0.5, 0.6) is 0 Å². The van der Waals surface area contributed by atoms with Crippen LogP contribution in [0.1, 0.15) is 22.3 Å². The number of nitrogens with zero attached hydrogens (tertiary/aromatic N) is 2. The van der Waals surface area contributed by atoms with E-state index < -0.39 is 0 Å². The highest BCUT2D eigenvalue weighted by Crippen LogP contribution is 2.28. The number of aromatic nitrogens is 2. The van der Waals surface area contributed by atoms with Crippen molar-refractivity contribution in [3.8, 4) is 23.7 Å². The molecule has 0 saturated heterocycles. The number of rotatable bonds is 0. The Hall–Kier alpha value is -4.44. The minimum absolute atomic E-state index is 0.803. The van der Waals surface area contributed by atoms with E-state index in [1.54, 1.807) is 0 Å². The third-order valence-corrected chi connectivity index (χ3v) is 6.16. The van der Waals surface area contributed by atoms with Crippen molar-refractivity contribution >= 4 is 44.3 Å². The molecule has 0 aliphatic heterocycles. The summed E-state index contributed by atoms with van der Waals surface area (Å²) >= 11 is 1.19. The summed E-state index contributed by atoms with van der Waals surface area (Å²) in [6, 6.07) is 33.0. The zero-order valence-electron chi connectivity index (χ0n) is 17.5. The first-order valence-corrected chi connectivity index (χ1v) is 11.3. The molecule has 0 atom stereocenters. The molecule has 0 radical (unpaired) electrons. The Morgan fingerprint density at radius 2 is 1.06 bits per heavy atom. The maximum Gasteiger partial charge on any atom is 0.121 e. The molecule has 3 heteroatoms. The van der Waals surface area contributed by atoms with Crippen molar-refractivity contribution in [2.45, 2.75) is 0 Å². The summed E-state index contributed by atoms with van der Waals surface area (Å²) in [5.41, 5.74) is 5.32. The molecule has 1 heterocycles. The lowest BCUT2D eigenvalue weighted by atomic mass is 9.97. The van der Waals surface area contributed by atoms with Crippen LogP contribution in [0.3, 0.4) is 0 Å². The summed E-state index contributed by atoms with van der Waals surface area (Å²) in [5, 5.41) is 4.80. The molecule has 0 unspecified atom stereocenters. The average Bonchev–Trinajstić information content (AvgIpc) is 3.38. The van der Waals surface area contributed by atoms with Crippen LogP contribution in [-0.2, 0) is 0 Å². The predicted octanol–water partition coefficient (Wildman–Crippen LogP) is 6.80. The van der Waals surface area contributed by atoms with E-state index in [1.807, 2.05) is 42.5 Å². The lowest BCUT2D eigenvalue weighted by Gasteiger charge is -2.06. The average molecular weight is 437 g/mol. The Balaban J connectivity index is 1.46. The van der Waals surface area contributed by atoms with Gasteiger partial charge in [-0.3, -0.25) is 0 Å². The third kappa shape index (κ3) is 3.62. The molecule has 0 aliphatic rings. The summed E-state index contributed by atoms with van der Waals surface area (Å²) in [7, 11) is 0. The number of fused-ring (bicyclic) bond motifs is 4. The zero-order valence-corrected chi connectivity index (χ0v) is 18.4. The molecule has 0 amide bonds. The molecule has 5 aromatic carbocycles. The van der Waals surface area contributed by atoms with Crippen LogP contribution in [0.15, 0.2) is 97.1 Å². The van der Waals surface area contributed by atoms with Crippen LogP contribution >= 0.6 is 11.7 Å². The summed E-state index contributed by atoms with van der Waals surface area (Å²) < 4.78 is 9.02. The molecule has 33 heavy (non-hydrogen) atoms. The maximum absolute atomic E-state index is 4.52. The number of hydrogen-bond acceptors (Lipinski definition) is 3. The van der Waals surface area contributed by atoms with Crippen LogP contribution in [0, 0.1) is 23.7 Å². The van der Waals surface area contributed by atoms with Crippen molar-refractivity contribution in [3.63, 3.8) is 0 Å². The third-order valence-electron chi connectivity index (χ3n) is 5.63. The van der Waals surface area contributed by atoms with Gasteiger partial charge in [-0.05, 0) is 51.9 Å². The van der Waals surface area contributed by atoms with Crippen LogP contribution in [-0.4, -0.2) is 8.75 Å². The zero-order chi connectivity index (χ0) is 22.0. The van der Waals surface area contributed by atoms with Gasteiger partial charge in [0.2, 0.25) is 0 Å². The van der Waals surface area contributed by atoms with Gasteiger partial charge in [-0.1, -0.05) is 90.4 Å². The van der Waals surface area contributed by atoms with Crippen molar-refractivity contribution in [2.75, 3.05) is 0 Å². The molecule has 0 aliphatic carbocycles. The van der Waals surface area contributed by atoms with E-state index in [0.29, 0.717) is 0 Å². The molecule has 152 valence electrons. The SMILES string of the molecule is C(#Cc1ccc(C#Cc2cc3ccccc3c3ccccc23)c2nsnc12)c1ccccc1. The molecule has 6 aromatic rings. The van der Waals surface area contributed by atoms with Gasteiger partial charge in [-0.25, -0.2) is 0 Å². The number of benzene rings is 5. The van der Waals surface area contributed by atoms with E-state index in [4.69, 9.17) is 0 Å². The van der Waals surface area contributed by atoms with Gasteiger partial charge in [-0.15, -0.1) is 0 Å². The molecular formula is C30H16N2S. The van der Waals surface area contributed by atoms with E-state index >= 15 is 0 Å². The van der Waals surface area contributed by atoms with Crippen LogP contribution < -0.4 is 0 Å². The minimum atomic E-state index is 0.803. The predicted molar refractivity (Wildman–Crippen MR) is 137 cm³/mol. The van der Waals surface area contributed by atoms with E-state index in [-0.39, 0.29) is 0 Å². The van der Waals surface area contributed by atoms with Gasteiger partial charge in [0.05, 0.1) is 22.9 Å². The Kier molecular flexibility index (Phi) is 4.81. The second-order valence-electron chi connectivity index (χ2n) is 7.68. The van der Waals surface area contributed by atoms with Crippen molar-refractivity contribution in [3.05, 3.63) is 119 Å². The smallest absolute Gasteiger partial charge is 0.121 e. The van der Waals surface area contributed by atoms with Gasteiger partial charge >= 0.3 is 0 Å². The summed E-state index contributed by atoms with van der Waals surface area (Å²) in [6.07, 6.45) is 0. The molecule has 0 bridgehead atoms. The molecule has 2 nitrogen and oxygen atoms in total. The molecule has 1 aromatic heterocycles. The first kappa shape index (κ1) is 19.3. The topological polar surface area (TPSA) is 25.8 Å². The minimum Gasteiger partial charge on any atom is -0.172 e. The van der Waals surface area contributed by atoms with Crippen LogP contribution in [0.2, 0.25) is 0 Å². The van der Waals surface area contributed by atoms with Gasteiger partial charge < -0.3 is 0 Å². The van der Waals surface area contributed by atoms with E-state index in [1.165, 1.54) is 27.9 Å². The van der Waals surface area contributed by atoms with E-state index in [9.17, 15) is 0 Å². The van der Waals surface area contributed by atoms with Crippen LogP contribution in [0.4, 0.5) is 0 Å². The molecule has 6 rings (SSSR count). The van der Waals surface area contributed by atoms with Gasteiger partial charge in [-0.2, -0.15) is 8.75 Å². The lowest BCUT2D eigenvalue weighted by molar-refractivity contribution is 1.57. The monoisotopic (exact) mass is 436 g/mol. The van der Waals surface area contributed by atoms with Gasteiger partial charge in [0.1, 0.15) is 11.0 Å². The Labute approximate surface area is 195 Å². The standard InChI is InChI=1S/C30H16N2S/c1-2-8-21(9-3-1)14-15-22-16-17-23(30-29(22)31-33-32-30)18-19-25-20-24-10-4-5-11-26(24)28-13-7-6-12-27(25)28/h1-13,16-17,20H. The summed E-state index contributed by atoms with van der Waals surface area (Å²) in [6.45, 7) is 0. The molecular weight excluding hydrogens is 420 g/mol. The first-order valence-electron chi connectivity index (χ1n) is 10.6. The maximum atomic E-state index is 4.52. The second-order valence-corrected chi connectivity index (χ2v) is 8.21. The largest absolute Gasteiger partial charge is 0.172 e.